The molecule has 0 aliphatic carbocycles. The standard InChI is InChI=1S/C25H38N4O6/c1-5-6-13-28-14-16-29(17-15-28)21(30)12-11-20(27-24(34)35-25(2,3)4)22(31)26-19-9-7-18(8-10-19)23(32)33/h7-10,20H,5-6,11-17H2,1-4H3,(H,26,31)(H,27,34)(H,32,33). The Morgan fingerprint density at radius 1 is 1.06 bits per heavy atom. The van der Waals surface area contributed by atoms with E-state index in [1.807, 2.05) is 0 Å². The molecule has 1 aliphatic rings. The minimum absolute atomic E-state index is 0.0604. The van der Waals surface area contributed by atoms with Gasteiger partial charge in [-0.3, -0.25) is 14.5 Å². The third kappa shape index (κ3) is 9.94. The summed E-state index contributed by atoms with van der Waals surface area (Å²) in [5, 5.41) is 14.3. The molecule has 1 saturated heterocycles. The second kappa shape index (κ2) is 13.1. The van der Waals surface area contributed by atoms with Gasteiger partial charge in [0.25, 0.3) is 0 Å². The number of piperazine rings is 1. The first-order chi connectivity index (χ1) is 16.5. The highest BCUT2D eigenvalue weighted by molar-refractivity contribution is 5.97. The molecule has 35 heavy (non-hydrogen) atoms. The van der Waals surface area contributed by atoms with E-state index in [0.29, 0.717) is 18.8 Å². The van der Waals surface area contributed by atoms with Gasteiger partial charge in [-0.2, -0.15) is 0 Å². The fraction of sp³-hybridized carbons (Fsp3) is 0.600. The number of anilines is 1. The maximum Gasteiger partial charge on any atom is 0.408 e. The van der Waals surface area contributed by atoms with Crippen LogP contribution in [0.25, 0.3) is 0 Å². The average molecular weight is 491 g/mol. The zero-order valence-electron chi connectivity index (χ0n) is 21.1. The van der Waals surface area contributed by atoms with Gasteiger partial charge in [0.1, 0.15) is 11.6 Å². The third-order valence-electron chi connectivity index (χ3n) is 5.61. The van der Waals surface area contributed by atoms with Crippen molar-refractivity contribution >= 4 is 29.6 Å². The lowest BCUT2D eigenvalue weighted by Crippen LogP contribution is -2.50. The normalized spacial score (nSPS) is 15.3. The number of alkyl carbamates (subject to hydrolysis) is 1. The Labute approximate surface area is 207 Å². The lowest BCUT2D eigenvalue weighted by molar-refractivity contribution is -0.133. The van der Waals surface area contributed by atoms with E-state index in [2.05, 4.69) is 22.5 Å². The van der Waals surface area contributed by atoms with Crippen LogP contribution >= 0.6 is 0 Å². The molecular weight excluding hydrogens is 452 g/mol. The van der Waals surface area contributed by atoms with Crippen molar-refractivity contribution in [2.24, 2.45) is 0 Å². The monoisotopic (exact) mass is 490 g/mol. The molecule has 1 atom stereocenters. The van der Waals surface area contributed by atoms with Gasteiger partial charge >= 0.3 is 12.1 Å². The molecule has 1 fully saturated rings. The van der Waals surface area contributed by atoms with Crippen LogP contribution in [0.3, 0.4) is 0 Å². The topological polar surface area (TPSA) is 128 Å². The molecule has 10 heteroatoms. The molecule has 194 valence electrons. The minimum Gasteiger partial charge on any atom is -0.478 e. The number of nitrogens with one attached hydrogen (secondary N) is 2. The second-order valence-corrected chi connectivity index (χ2v) is 9.69. The smallest absolute Gasteiger partial charge is 0.408 e. The van der Waals surface area contributed by atoms with Crippen LogP contribution in [-0.2, 0) is 14.3 Å². The molecule has 1 aliphatic heterocycles. The molecule has 1 unspecified atom stereocenters. The van der Waals surface area contributed by atoms with E-state index in [4.69, 9.17) is 9.84 Å². The first-order valence-electron chi connectivity index (χ1n) is 12.1. The Morgan fingerprint density at radius 3 is 2.23 bits per heavy atom. The molecule has 0 aromatic heterocycles. The van der Waals surface area contributed by atoms with Gasteiger partial charge in [-0.15, -0.1) is 0 Å². The molecule has 3 N–H and O–H groups in total. The summed E-state index contributed by atoms with van der Waals surface area (Å²) in [6, 6.07) is 4.68. The van der Waals surface area contributed by atoms with Crippen LogP contribution in [0.15, 0.2) is 24.3 Å². The molecule has 1 aromatic carbocycles. The quantitative estimate of drug-likeness (QED) is 0.460. The van der Waals surface area contributed by atoms with E-state index in [0.717, 1.165) is 32.5 Å². The Bertz CT molecular complexity index is 873. The van der Waals surface area contributed by atoms with Gasteiger partial charge in [-0.1, -0.05) is 13.3 Å². The van der Waals surface area contributed by atoms with Crippen molar-refractivity contribution in [2.75, 3.05) is 38.0 Å². The highest BCUT2D eigenvalue weighted by Crippen LogP contribution is 2.14. The number of hydrogen-bond donors (Lipinski definition) is 3. The Morgan fingerprint density at radius 2 is 1.69 bits per heavy atom. The minimum atomic E-state index is -1.07. The summed E-state index contributed by atoms with van der Waals surface area (Å²) in [5.74, 6) is -1.65. The second-order valence-electron chi connectivity index (χ2n) is 9.69. The fourth-order valence-electron chi connectivity index (χ4n) is 3.67. The average Bonchev–Trinajstić information content (AvgIpc) is 2.79. The van der Waals surface area contributed by atoms with Crippen LogP contribution < -0.4 is 10.6 Å². The first kappa shape index (κ1) is 28.1. The molecular formula is C25H38N4O6. The molecule has 0 bridgehead atoms. The maximum atomic E-state index is 12.9. The largest absolute Gasteiger partial charge is 0.478 e. The summed E-state index contributed by atoms with van der Waals surface area (Å²) in [7, 11) is 0. The molecule has 1 heterocycles. The summed E-state index contributed by atoms with van der Waals surface area (Å²) in [5.41, 5.74) is -0.275. The van der Waals surface area contributed by atoms with Gasteiger partial charge in [-0.25, -0.2) is 9.59 Å². The van der Waals surface area contributed by atoms with Crippen LogP contribution in [0.2, 0.25) is 0 Å². The summed E-state index contributed by atoms with van der Waals surface area (Å²) in [6.45, 7) is 11.3. The van der Waals surface area contributed by atoms with E-state index in [9.17, 15) is 19.2 Å². The SMILES string of the molecule is CCCCN1CCN(C(=O)CCC(NC(=O)OC(C)(C)C)C(=O)Nc2ccc(C(=O)O)cc2)CC1. The van der Waals surface area contributed by atoms with E-state index < -0.39 is 29.6 Å². The van der Waals surface area contributed by atoms with E-state index in [1.54, 1.807) is 25.7 Å². The number of carbonyl (C=O) groups is 4. The Hall–Kier alpha value is -3.14. The van der Waals surface area contributed by atoms with Gasteiger partial charge in [-0.05, 0) is 64.4 Å². The predicted octanol–water partition coefficient (Wildman–Crippen LogP) is 2.94. The van der Waals surface area contributed by atoms with Crippen molar-refractivity contribution in [3.05, 3.63) is 29.8 Å². The molecule has 0 radical (unpaired) electrons. The van der Waals surface area contributed by atoms with Crippen molar-refractivity contribution in [3.63, 3.8) is 0 Å². The molecule has 1 aromatic rings. The zero-order chi connectivity index (χ0) is 26.0. The first-order valence-corrected chi connectivity index (χ1v) is 12.1. The molecule has 0 spiro atoms. The molecule has 10 nitrogen and oxygen atoms in total. The Balaban J connectivity index is 1.98. The number of nitrogens with zero attached hydrogens (tertiary/aromatic N) is 2. The number of aromatic carboxylic acids is 1. The fourth-order valence-corrected chi connectivity index (χ4v) is 3.67. The van der Waals surface area contributed by atoms with Crippen molar-refractivity contribution < 1.29 is 29.0 Å². The number of hydrogen-bond acceptors (Lipinski definition) is 6. The van der Waals surface area contributed by atoms with Gasteiger partial charge in [0, 0.05) is 38.3 Å². The van der Waals surface area contributed by atoms with E-state index in [-0.39, 0.29) is 24.3 Å². The van der Waals surface area contributed by atoms with Crippen LogP contribution in [0.1, 0.15) is 63.7 Å². The maximum absolute atomic E-state index is 12.9. The number of benzene rings is 1. The van der Waals surface area contributed by atoms with Gasteiger partial charge in [0.05, 0.1) is 5.56 Å². The van der Waals surface area contributed by atoms with Crippen molar-refractivity contribution in [3.8, 4) is 0 Å². The molecule has 3 amide bonds. The molecule has 2 rings (SSSR count). The van der Waals surface area contributed by atoms with Crippen LogP contribution in [-0.4, -0.2) is 83.1 Å². The van der Waals surface area contributed by atoms with E-state index in [1.165, 1.54) is 24.3 Å². The summed E-state index contributed by atoms with van der Waals surface area (Å²) < 4.78 is 5.28. The van der Waals surface area contributed by atoms with Crippen molar-refractivity contribution in [1.29, 1.82) is 0 Å². The summed E-state index contributed by atoms with van der Waals surface area (Å²) in [4.78, 5) is 53.3. The number of carbonyl (C=O) groups excluding carboxylic acids is 3. The number of rotatable bonds is 10. The van der Waals surface area contributed by atoms with Crippen LogP contribution in [0.4, 0.5) is 10.5 Å². The van der Waals surface area contributed by atoms with Crippen molar-refractivity contribution in [2.45, 2.75) is 65.0 Å². The predicted molar refractivity (Wildman–Crippen MR) is 132 cm³/mol. The Kier molecular flexibility index (Phi) is 10.5. The van der Waals surface area contributed by atoms with Crippen LogP contribution in [0, 0.1) is 0 Å². The number of ether oxygens (including phenoxy) is 1. The lowest BCUT2D eigenvalue weighted by Gasteiger charge is -2.35. The lowest BCUT2D eigenvalue weighted by atomic mass is 10.1. The third-order valence-corrected chi connectivity index (χ3v) is 5.61. The summed E-state index contributed by atoms with van der Waals surface area (Å²) in [6.07, 6.45) is 1.72. The van der Waals surface area contributed by atoms with Gasteiger partial charge < -0.3 is 25.4 Å². The zero-order valence-corrected chi connectivity index (χ0v) is 21.1. The number of unbranched alkanes of at least 4 members (excludes halogenated alkanes) is 1. The number of carboxylic acid groups (broad SMARTS) is 1. The van der Waals surface area contributed by atoms with Crippen LogP contribution in [0.5, 0.6) is 0 Å². The summed E-state index contributed by atoms with van der Waals surface area (Å²) >= 11 is 0. The van der Waals surface area contributed by atoms with E-state index >= 15 is 0 Å². The number of carboxylic acids is 1. The highest BCUT2D eigenvalue weighted by Gasteiger charge is 2.27. The van der Waals surface area contributed by atoms with Gasteiger partial charge in [0.15, 0.2) is 0 Å². The highest BCUT2D eigenvalue weighted by atomic mass is 16.6. The number of amides is 3. The van der Waals surface area contributed by atoms with Crippen molar-refractivity contribution in [1.82, 2.24) is 15.1 Å². The molecule has 0 saturated carbocycles. The van der Waals surface area contributed by atoms with Gasteiger partial charge in [0.2, 0.25) is 11.8 Å².